The number of rotatable bonds is 5. The highest BCUT2D eigenvalue weighted by Crippen LogP contribution is 2.31. The standard InChI is InChI=1S/C15H26N2O2/c18-15(19)12-2-1-3-13(8-12)16-9-11-6-7-17(10-11)14-4-5-14/h11-14,16H,1-10H2,(H,18,19). The number of carboxylic acids is 1. The molecule has 0 radical (unpaired) electrons. The van der Waals surface area contributed by atoms with Crippen molar-refractivity contribution in [3.05, 3.63) is 0 Å². The molecule has 0 amide bonds. The van der Waals surface area contributed by atoms with Crippen LogP contribution in [-0.2, 0) is 4.79 Å². The molecule has 19 heavy (non-hydrogen) atoms. The van der Waals surface area contributed by atoms with Crippen LogP contribution in [0, 0.1) is 11.8 Å². The molecule has 1 heterocycles. The Morgan fingerprint density at radius 3 is 2.79 bits per heavy atom. The van der Waals surface area contributed by atoms with Gasteiger partial charge < -0.3 is 15.3 Å². The van der Waals surface area contributed by atoms with E-state index in [0.717, 1.165) is 44.2 Å². The quantitative estimate of drug-likeness (QED) is 0.795. The molecule has 2 saturated carbocycles. The molecule has 2 aliphatic carbocycles. The summed E-state index contributed by atoms with van der Waals surface area (Å²) in [5.74, 6) is 0.0656. The van der Waals surface area contributed by atoms with Gasteiger partial charge in [0.05, 0.1) is 5.92 Å². The van der Waals surface area contributed by atoms with E-state index in [1.54, 1.807) is 0 Å². The van der Waals surface area contributed by atoms with Crippen molar-refractivity contribution in [3.63, 3.8) is 0 Å². The first-order valence-corrected chi connectivity index (χ1v) is 7.92. The fourth-order valence-corrected chi connectivity index (χ4v) is 3.73. The van der Waals surface area contributed by atoms with Gasteiger partial charge in [-0.05, 0) is 57.5 Å². The van der Waals surface area contributed by atoms with Crippen LogP contribution in [0.25, 0.3) is 0 Å². The second-order valence-electron chi connectivity index (χ2n) is 6.69. The van der Waals surface area contributed by atoms with Crippen LogP contribution in [0.1, 0.15) is 44.9 Å². The topological polar surface area (TPSA) is 52.6 Å². The fourth-order valence-electron chi connectivity index (χ4n) is 3.73. The molecular formula is C15H26N2O2. The summed E-state index contributed by atoms with van der Waals surface area (Å²) in [4.78, 5) is 13.7. The minimum Gasteiger partial charge on any atom is -0.481 e. The highest BCUT2D eigenvalue weighted by Gasteiger charge is 2.34. The lowest BCUT2D eigenvalue weighted by Gasteiger charge is -2.28. The number of likely N-dealkylation sites (tertiary alicyclic amines) is 1. The van der Waals surface area contributed by atoms with Gasteiger partial charge >= 0.3 is 5.97 Å². The summed E-state index contributed by atoms with van der Waals surface area (Å²) in [6, 6.07) is 1.33. The molecule has 3 atom stereocenters. The van der Waals surface area contributed by atoms with Crippen molar-refractivity contribution in [2.45, 2.75) is 57.0 Å². The maximum absolute atomic E-state index is 11.1. The minimum absolute atomic E-state index is 0.113. The van der Waals surface area contributed by atoms with Gasteiger partial charge in [-0.1, -0.05) is 6.42 Å². The number of nitrogens with zero attached hydrogens (tertiary/aromatic N) is 1. The summed E-state index contributed by atoms with van der Waals surface area (Å²) < 4.78 is 0. The van der Waals surface area contributed by atoms with Crippen LogP contribution in [0.5, 0.6) is 0 Å². The molecule has 0 aromatic heterocycles. The molecule has 2 N–H and O–H groups in total. The average Bonchev–Trinajstić information content (AvgIpc) is 3.16. The number of aliphatic carboxylic acids is 1. The van der Waals surface area contributed by atoms with E-state index in [9.17, 15) is 4.79 Å². The maximum atomic E-state index is 11.1. The van der Waals surface area contributed by atoms with Crippen LogP contribution in [0.2, 0.25) is 0 Å². The van der Waals surface area contributed by atoms with Gasteiger partial charge in [0.2, 0.25) is 0 Å². The van der Waals surface area contributed by atoms with Gasteiger partial charge in [-0.15, -0.1) is 0 Å². The van der Waals surface area contributed by atoms with E-state index >= 15 is 0 Å². The van der Waals surface area contributed by atoms with E-state index in [2.05, 4.69) is 10.2 Å². The highest BCUT2D eigenvalue weighted by molar-refractivity contribution is 5.70. The summed E-state index contributed by atoms with van der Waals surface area (Å²) in [7, 11) is 0. The molecule has 0 aromatic rings. The molecule has 0 bridgehead atoms. The Hall–Kier alpha value is -0.610. The van der Waals surface area contributed by atoms with Gasteiger partial charge in [0.1, 0.15) is 0 Å². The van der Waals surface area contributed by atoms with Crippen LogP contribution in [0.3, 0.4) is 0 Å². The van der Waals surface area contributed by atoms with Gasteiger partial charge in [0.25, 0.3) is 0 Å². The third kappa shape index (κ3) is 3.48. The van der Waals surface area contributed by atoms with E-state index in [0.29, 0.717) is 6.04 Å². The Bertz CT molecular complexity index is 330. The number of carbonyl (C=O) groups is 1. The van der Waals surface area contributed by atoms with Gasteiger partial charge in [-0.25, -0.2) is 0 Å². The maximum Gasteiger partial charge on any atom is 0.306 e. The Labute approximate surface area is 115 Å². The second-order valence-corrected chi connectivity index (χ2v) is 6.69. The van der Waals surface area contributed by atoms with Crippen LogP contribution in [0.4, 0.5) is 0 Å². The first kappa shape index (κ1) is 13.4. The molecule has 4 nitrogen and oxygen atoms in total. The lowest BCUT2D eigenvalue weighted by atomic mass is 9.85. The number of nitrogens with one attached hydrogen (secondary N) is 1. The summed E-state index contributed by atoms with van der Waals surface area (Å²) in [5.41, 5.74) is 0. The Kier molecular flexibility index (Phi) is 4.08. The van der Waals surface area contributed by atoms with E-state index in [4.69, 9.17) is 5.11 Å². The van der Waals surface area contributed by atoms with Crippen molar-refractivity contribution in [2.24, 2.45) is 11.8 Å². The molecule has 1 aliphatic heterocycles. The summed E-state index contributed by atoms with van der Waals surface area (Å²) in [6.07, 6.45) is 8.04. The Balaban J connectivity index is 1.38. The van der Waals surface area contributed by atoms with Gasteiger partial charge in [-0.2, -0.15) is 0 Å². The Morgan fingerprint density at radius 1 is 1.21 bits per heavy atom. The third-order valence-electron chi connectivity index (χ3n) is 5.10. The van der Waals surface area contributed by atoms with E-state index in [1.807, 2.05) is 0 Å². The van der Waals surface area contributed by atoms with Crippen molar-refractivity contribution >= 4 is 5.97 Å². The zero-order valence-corrected chi connectivity index (χ0v) is 11.7. The van der Waals surface area contributed by atoms with Crippen LogP contribution < -0.4 is 5.32 Å². The van der Waals surface area contributed by atoms with Crippen molar-refractivity contribution in [2.75, 3.05) is 19.6 Å². The van der Waals surface area contributed by atoms with E-state index in [1.165, 1.54) is 32.4 Å². The fraction of sp³-hybridized carbons (Fsp3) is 0.933. The molecule has 0 aromatic carbocycles. The van der Waals surface area contributed by atoms with Crippen molar-refractivity contribution in [1.82, 2.24) is 10.2 Å². The van der Waals surface area contributed by atoms with Crippen LogP contribution in [-0.4, -0.2) is 47.7 Å². The number of hydrogen-bond acceptors (Lipinski definition) is 3. The Morgan fingerprint density at radius 2 is 2.05 bits per heavy atom. The summed E-state index contributed by atoms with van der Waals surface area (Å²) >= 11 is 0. The SMILES string of the molecule is O=C(O)C1CCCC(NCC2CCN(C3CC3)C2)C1. The molecular weight excluding hydrogens is 240 g/mol. The molecule has 0 spiro atoms. The highest BCUT2D eigenvalue weighted by atomic mass is 16.4. The third-order valence-corrected chi connectivity index (χ3v) is 5.10. The molecule has 3 rings (SSSR count). The van der Waals surface area contributed by atoms with E-state index in [-0.39, 0.29) is 5.92 Å². The predicted octanol–water partition coefficient (Wildman–Crippen LogP) is 1.70. The molecule has 3 fully saturated rings. The van der Waals surface area contributed by atoms with Gasteiger partial charge in [0, 0.05) is 18.6 Å². The second kappa shape index (κ2) is 5.80. The van der Waals surface area contributed by atoms with Crippen molar-refractivity contribution in [3.8, 4) is 0 Å². The van der Waals surface area contributed by atoms with Gasteiger partial charge in [-0.3, -0.25) is 4.79 Å². The van der Waals surface area contributed by atoms with Gasteiger partial charge in [0.15, 0.2) is 0 Å². The predicted molar refractivity (Wildman–Crippen MR) is 74.1 cm³/mol. The number of hydrogen-bond donors (Lipinski definition) is 2. The zero-order valence-electron chi connectivity index (χ0n) is 11.7. The van der Waals surface area contributed by atoms with Crippen molar-refractivity contribution in [1.29, 1.82) is 0 Å². The zero-order chi connectivity index (χ0) is 13.2. The molecule has 4 heteroatoms. The molecule has 3 unspecified atom stereocenters. The first-order valence-electron chi connectivity index (χ1n) is 7.92. The van der Waals surface area contributed by atoms with E-state index < -0.39 is 5.97 Å². The smallest absolute Gasteiger partial charge is 0.306 e. The molecule has 3 aliphatic rings. The largest absolute Gasteiger partial charge is 0.481 e. The molecule has 108 valence electrons. The number of carboxylic acid groups (broad SMARTS) is 1. The van der Waals surface area contributed by atoms with Crippen LogP contribution >= 0.6 is 0 Å². The van der Waals surface area contributed by atoms with Crippen LogP contribution in [0.15, 0.2) is 0 Å². The average molecular weight is 266 g/mol. The van der Waals surface area contributed by atoms with Crippen molar-refractivity contribution < 1.29 is 9.90 Å². The lowest BCUT2D eigenvalue weighted by molar-refractivity contribution is -0.143. The monoisotopic (exact) mass is 266 g/mol. The summed E-state index contributed by atoms with van der Waals surface area (Å²) in [6.45, 7) is 3.62. The lowest BCUT2D eigenvalue weighted by Crippen LogP contribution is -2.39. The minimum atomic E-state index is -0.604. The first-order chi connectivity index (χ1) is 9.22. The summed E-state index contributed by atoms with van der Waals surface area (Å²) in [5, 5.41) is 12.7. The normalized spacial score (nSPS) is 36.5. The molecule has 1 saturated heterocycles.